The fourth-order valence-corrected chi connectivity index (χ4v) is 3.72. The maximum Gasteiger partial charge on any atom is 0.494 e. The largest absolute Gasteiger partial charge is 0.494 e. The number of benzene rings is 3. The van der Waals surface area contributed by atoms with Gasteiger partial charge in [0.05, 0.1) is 16.8 Å². The summed E-state index contributed by atoms with van der Waals surface area (Å²) in [5.74, 6) is 0. The molecule has 0 spiro atoms. The van der Waals surface area contributed by atoms with Gasteiger partial charge in [0.15, 0.2) is 0 Å². The molecule has 3 aromatic carbocycles. The van der Waals surface area contributed by atoms with Gasteiger partial charge >= 0.3 is 7.12 Å². The monoisotopic (exact) mass is 407 g/mol. The Morgan fingerprint density at radius 2 is 1.13 bits per heavy atom. The summed E-state index contributed by atoms with van der Waals surface area (Å²) in [5.41, 5.74) is 4.63. The Bertz CT molecular complexity index is 1070. The molecule has 1 saturated heterocycles. The lowest BCUT2D eigenvalue weighted by Crippen LogP contribution is -2.41. The third-order valence-corrected chi connectivity index (χ3v) is 6.21. The fraction of sp³-hybridized carbons (Fsp3) is 0.222. The van der Waals surface area contributed by atoms with Crippen molar-refractivity contribution in [3.05, 3.63) is 102 Å². The van der Waals surface area contributed by atoms with Crippen molar-refractivity contribution in [1.29, 1.82) is 5.26 Å². The van der Waals surface area contributed by atoms with Crippen molar-refractivity contribution in [2.45, 2.75) is 38.9 Å². The molecule has 1 aliphatic heterocycles. The zero-order chi connectivity index (χ0) is 22.1. The molecular formula is C27H26BNO2. The van der Waals surface area contributed by atoms with E-state index in [2.05, 4.69) is 6.07 Å². The lowest BCUT2D eigenvalue weighted by Gasteiger charge is -2.32. The zero-order valence-electron chi connectivity index (χ0n) is 18.4. The second-order valence-electron chi connectivity index (χ2n) is 8.80. The minimum Gasteiger partial charge on any atom is -0.399 e. The highest BCUT2D eigenvalue weighted by molar-refractivity contribution is 6.62. The molecule has 31 heavy (non-hydrogen) atoms. The molecule has 0 amide bonds. The summed E-state index contributed by atoms with van der Waals surface area (Å²) in [7, 11) is -0.420. The summed E-state index contributed by atoms with van der Waals surface area (Å²) in [5, 5.41) is 10.1. The minimum absolute atomic E-state index is 0.387. The Balaban J connectivity index is 1.76. The summed E-state index contributed by atoms with van der Waals surface area (Å²) in [6.45, 7) is 8.18. The fourth-order valence-electron chi connectivity index (χ4n) is 3.72. The van der Waals surface area contributed by atoms with E-state index >= 15 is 0 Å². The first-order valence-electron chi connectivity index (χ1n) is 10.5. The smallest absolute Gasteiger partial charge is 0.399 e. The molecule has 1 fully saturated rings. The van der Waals surface area contributed by atoms with E-state index in [0.29, 0.717) is 5.57 Å². The van der Waals surface area contributed by atoms with Crippen molar-refractivity contribution in [1.82, 2.24) is 0 Å². The van der Waals surface area contributed by atoms with E-state index in [4.69, 9.17) is 9.31 Å². The molecule has 0 unspecified atom stereocenters. The van der Waals surface area contributed by atoms with E-state index in [1.165, 1.54) is 0 Å². The maximum atomic E-state index is 10.1. The van der Waals surface area contributed by atoms with Crippen LogP contribution in [-0.2, 0) is 9.31 Å². The Labute approximate surface area is 185 Å². The van der Waals surface area contributed by atoms with Gasteiger partial charge in [-0.1, -0.05) is 84.9 Å². The van der Waals surface area contributed by atoms with Crippen molar-refractivity contribution in [3.63, 3.8) is 0 Å². The van der Waals surface area contributed by atoms with Crippen LogP contribution in [0.5, 0.6) is 0 Å². The van der Waals surface area contributed by atoms with Crippen LogP contribution in [0.1, 0.15) is 44.4 Å². The van der Waals surface area contributed by atoms with Crippen LogP contribution in [0.15, 0.2) is 84.9 Å². The van der Waals surface area contributed by atoms with Gasteiger partial charge in [-0.15, -0.1) is 0 Å². The van der Waals surface area contributed by atoms with E-state index in [0.717, 1.165) is 27.7 Å². The second-order valence-corrected chi connectivity index (χ2v) is 8.80. The van der Waals surface area contributed by atoms with Crippen molar-refractivity contribution in [2.75, 3.05) is 0 Å². The molecule has 154 valence electrons. The van der Waals surface area contributed by atoms with E-state index in [-0.39, 0.29) is 11.2 Å². The Morgan fingerprint density at radius 3 is 1.55 bits per heavy atom. The standard InChI is InChI=1S/C27H26BNO2/c1-26(2)27(3,4)31-28(30-26)23-17-15-20(16-18-23)24(19-29)25(21-11-7-5-8-12-21)22-13-9-6-10-14-22/h5-18H,1-4H3. The van der Waals surface area contributed by atoms with Crippen molar-refractivity contribution >= 4 is 23.7 Å². The predicted octanol–water partition coefficient (Wildman–Crippen LogP) is 5.47. The third-order valence-electron chi connectivity index (χ3n) is 6.21. The molecule has 0 atom stereocenters. The number of hydrogen-bond acceptors (Lipinski definition) is 3. The van der Waals surface area contributed by atoms with Gasteiger partial charge in [-0.05, 0) is 49.8 Å². The van der Waals surface area contributed by atoms with Gasteiger partial charge in [-0.3, -0.25) is 0 Å². The Hall–Kier alpha value is -3.13. The zero-order valence-corrected chi connectivity index (χ0v) is 18.4. The summed E-state index contributed by atoms with van der Waals surface area (Å²) in [6, 6.07) is 30.5. The Morgan fingerprint density at radius 1 is 0.677 bits per heavy atom. The number of rotatable bonds is 4. The van der Waals surface area contributed by atoms with Crippen LogP contribution in [0.25, 0.3) is 11.1 Å². The average Bonchev–Trinajstić information content (AvgIpc) is 3.00. The SMILES string of the molecule is CC1(C)OB(c2ccc(C(C#N)=C(c3ccccc3)c3ccccc3)cc2)OC1(C)C. The molecular weight excluding hydrogens is 381 g/mol. The first-order valence-corrected chi connectivity index (χ1v) is 10.5. The molecule has 0 N–H and O–H groups in total. The van der Waals surface area contributed by atoms with Crippen molar-refractivity contribution < 1.29 is 9.31 Å². The number of allylic oxidation sites excluding steroid dienone is 1. The molecule has 4 rings (SSSR count). The number of nitrogens with zero attached hydrogens (tertiary/aromatic N) is 1. The van der Waals surface area contributed by atoms with Crippen LogP contribution in [0.2, 0.25) is 0 Å². The highest BCUT2D eigenvalue weighted by atomic mass is 16.7. The van der Waals surface area contributed by atoms with E-state index < -0.39 is 7.12 Å². The normalized spacial score (nSPS) is 16.5. The van der Waals surface area contributed by atoms with Gasteiger partial charge in [0.2, 0.25) is 0 Å². The van der Waals surface area contributed by atoms with Crippen LogP contribution in [-0.4, -0.2) is 18.3 Å². The third kappa shape index (κ3) is 4.08. The molecule has 1 heterocycles. The summed E-state index contributed by atoms with van der Waals surface area (Å²) >= 11 is 0. The van der Waals surface area contributed by atoms with E-state index in [9.17, 15) is 5.26 Å². The highest BCUT2D eigenvalue weighted by Gasteiger charge is 2.51. The summed E-state index contributed by atoms with van der Waals surface area (Å²) < 4.78 is 12.3. The molecule has 1 aliphatic rings. The lowest BCUT2D eigenvalue weighted by molar-refractivity contribution is 0.00578. The van der Waals surface area contributed by atoms with Gasteiger partial charge in [0.25, 0.3) is 0 Å². The minimum atomic E-state index is -0.420. The second kappa shape index (κ2) is 8.19. The average molecular weight is 407 g/mol. The van der Waals surface area contributed by atoms with E-state index in [1.54, 1.807) is 0 Å². The molecule has 0 bridgehead atoms. The number of nitriles is 1. The summed E-state index contributed by atoms with van der Waals surface area (Å²) in [6.07, 6.45) is 0. The molecule has 0 aliphatic carbocycles. The van der Waals surface area contributed by atoms with Gasteiger partial charge < -0.3 is 9.31 Å². The molecule has 4 heteroatoms. The number of hydrogen-bond donors (Lipinski definition) is 0. The van der Waals surface area contributed by atoms with Crippen molar-refractivity contribution in [3.8, 4) is 6.07 Å². The molecule has 3 aromatic rings. The van der Waals surface area contributed by atoms with Crippen LogP contribution in [0.4, 0.5) is 0 Å². The van der Waals surface area contributed by atoms with Crippen LogP contribution >= 0.6 is 0 Å². The quantitative estimate of drug-likeness (QED) is 0.327. The molecule has 0 saturated carbocycles. The van der Waals surface area contributed by atoms with Gasteiger partial charge in [-0.25, -0.2) is 0 Å². The maximum absolute atomic E-state index is 10.1. The molecule has 0 radical (unpaired) electrons. The van der Waals surface area contributed by atoms with Crippen LogP contribution in [0, 0.1) is 11.3 Å². The topological polar surface area (TPSA) is 42.2 Å². The van der Waals surface area contributed by atoms with Crippen LogP contribution < -0.4 is 5.46 Å². The van der Waals surface area contributed by atoms with Crippen molar-refractivity contribution in [2.24, 2.45) is 0 Å². The highest BCUT2D eigenvalue weighted by Crippen LogP contribution is 2.37. The first kappa shape index (κ1) is 21.1. The molecule has 0 aromatic heterocycles. The van der Waals surface area contributed by atoms with Gasteiger partial charge in [0.1, 0.15) is 6.07 Å². The summed E-state index contributed by atoms with van der Waals surface area (Å²) in [4.78, 5) is 0. The molecule has 3 nitrogen and oxygen atoms in total. The van der Waals surface area contributed by atoms with Gasteiger partial charge in [0, 0.05) is 5.57 Å². The van der Waals surface area contributed by atoms with E-state index in [1.807, 2.05) is 113 Å². The lowest BCUT2D eigenvalue weighted by atomic mass is 9.78. The first-order chi connectivity index (χ1) is 14.8. The van der Waals surface area contributed by atoms with Gasteiger partial charge in [-0.2, -0.15) is 5.26 Å². The Kier molecular flexibility index (Phi) is 5.58. The predicted molar refractivity (Wildman–Crippen MR) is 127 cm³/mol. The van der Waals surface area contributed by atoms with Crippen LogP contribution in [0.3, 0.4) is 0 Å².